The quantitative estimate of drug-likeness (QED) is 0.346. The summed E-state index contributed by atoms with van der Waals surface area (Å²) in [6, 6.07) is 7.60. The number of nitrogens with zero attached hydrogens (tertiary/aromatic N) is 5. The van der Waals surface area contributed by atoms with Crippen molar-refractivity contribution in [3.63, 3.8) is 0 Å². The lowest BCUT2D eigenvalue weighted by molar-refractivity contribution is 0.478. The molecule has 0 saturated carbocycles. The molecule has 3 aromatic rings. The highest BCUT2D eigenvalue weighted by atomic mass is 32.2. The highest BCUT2D eigenvalue weighted by Crippen LogP contribution is 2.28. The number of hydrogen-bond donors (Lipinski definition) is 2. The van der Waals surface area contributed by atoms with Crippen molar-refractivity contribution in [3.05, 3.63) is 48.2 Å². The van der Waals surface area contributed by atoms with Crippen LogP contribution < -0.4 is 15.5 Å². The molecule has 150 valence electrons. The van der Waals surface area contributed by atoms with Crippen LogP contribution in [-0.4, -0.2) is 38.1 Å². The van der Waals surface area contributed by atoms with Gasteiger partial charge in [-0.05, 0) is 61.9 Å². The number of aryl methyl sites for hydroxylation is 1. The van der Waals surface area contributed by atoms with Gasteiger partial charge in [-0.25, -0.2) is 15.0 Å². The van der Waals surface area contributed by atoms with E-state index in [9.17, 15) is 0 Å². The zero-order valence-corrected chi connectivity index (χ0v) is 17.6. The molecular weight excluding hydrogens is 406 g/mol. The Morgan fingerprint density at radius 3 is 2.72 bits per heavy atom. The highest BCUT2D eigenvalue weighted by Gasteiger charge is 2.17. The SMILES string of the molecule is Cc1ccc(CNC(=S)Nc2nc(Sc3ncccn3)cc(N3CCCC3)n2)o1. The normalized spacial score (nSPS) is 13.5. The summed E-state index contributed by atoms with van der Waals surface area (Å²) in [7, 11) is 0. The molecule has 0 radical (unpaired) electrons. The average Bonchev–Trinajstić information content (AvgIpc) is 3.39. The molecule has 10 heteroatoms. The summed E-state index contributed by atoms with van der Waals surface area (Å²) in [5.41, 5.74) is 0. The summed E-state index contributed by atoms with van der Waals surface area (Å²) in [5.74, 6) is 3.01. The maximum Gasteiger partial charge on any atom is 0.232 e. The van der Waals surface area contributed by atoms with Gasteiger partial charge in [0.05, 0.1) is 6.54 Å². The van der Waals surface area contributed by atoms with Gasteiger partial charge in [-0.1, -0.05) is 0 Å². The molecule has 0 amide bonds. The van der Waals surface area contributed by atoms with Crippen LogP contribution in [-0.2, 0) is 6.54 Å². The molecule has 4 rings (SSSR count). The van der Waals surface area contributed by atoms with E-state index in [2.05, 4.69) is 35.5 Å². The maximum absolute atomic E-state index is 5.55. The van der Waals surface area contributed by atoms with Gasteiger partial charge < -0.3 is 20.0 Å². The standard InChI is InChI=1S/C19H21N7OS2/c1-13-5-6-14(27-13)12-22-18(28)25-17-23-15(26-9-2-3-10-26)11-16(24-17)29-19-20-7-4-8-21-19/h4-8,11H,2-3,9-10,12H2,1H3,(H2,22,23,24,25,28). The van der Waals surface area contributed by atoms with Crippen LogP contribution in [0.25, 0.3) is 0 Å². The van der Waals surface area contributed by atoms with E-state index in [0.29, 0.717) is 22.8 Å². The van der Waals surface area contributed by atoms with Gasteiger partial charge in [-0.2, -0.15) is 4.98 Å². The second kappa shape index (κ2) is 9.19. The van der Waals surface area contributed by atoms with E-state index in [4.69, 9.17) is 16.6 Å². The zero-order valence-electron chi connectivity index (χ0n) is 16.0. The van der Waals surface area contributed by atoms with E-state index in [1.54, 1.807) is 18.5 Å². The largest absolute Gasteiger partial charge is 0.465 e. The van der Waals surface area contributed by atoms with E-state index in [0.717, 1.165) is 35.5 Å². The molecule has 0 bridgehead atoms. The molecule has 8 nitrogen and oxygen atoms in total. The van der Waals surface area contributed by atoms with Gasteiger partial charge in [0.25, 0.3) is 0 Å². The Hall–Kier alpha value is -2.72. The molecule has 1 fully saturated rings. The first-order valence-electron chi connectivity index (χ1n) is 9.35. The molecule has 1 aliphatic rings. The van der Waals surface area contributed by atoms with Crippen molar-refractivity contribution < 1.29 is 4.42 Å². The molecule has 4 heterocycles. The number of thiocarbonyl (C=S) groups is 1. The Bertz CT molecular complexity index is 974. The third-order valence-corrected chi connectivity index (χ3v) is 5.36. The maximum atomic E-state index is 5.55. The number of nitrogens with one attached hydrogen (secondary N) is 2. The molecule has 29 heavy (non-hydrogen) atoms. The minimum atomic E-state index is 0.435. The van der Waals surface area contributed by atoms with Crippen LogP contribution in [0.5, 0.6) is 0 Å². The smallest absolute Gasteiger partial charge is 0.232 e. The van der Waals surface area contributed by atoms with E-state index in [1.807, 2.05) is 25.1 Å². The van der Waals surface area contributed by atoms with E-state index >= 15 is 0 Å². The van der Waals surface area contributed by atoms with Crippen LogP contribution in [0.1, 0.15) is 24.4 Å². The van der Waals surface area contributed by atoms with E-state index < -0.39 is 0 Å². The minimum absolute atomic E-state index is 0.435. The summed E-state index contributed by atoms with van der Waals surface area (Å²) < 4.78 is 5.55. The number of rotatable bonds is 6. The van der Waals surface area contributed by atoms with Gasteiger partial charge in [0.15, 0.2) is 10.3 Å². The van der Waals surface area contributed by atoms with Crippen molar-refractivity contribution >= 4 is 40.9 Å². The second-order valence-corrected chi connectivity index (χ2v) is 7.93. The van der Waals surface area contributed by atoms with Crippen molar-refractivity contribution in [1.82, 2.24) is 25.3 Å². The number of furan rings is 1. The lowest BCUT2D eigenvalue weighted by Crippen LogP contribution is -2.29. The lowest BCUT2D eigenvalue weighted by atomic mass is 10.4. The fraction of sp³-hybridized carbons (Fsp3) is 0.316. The summed E-state index contributed by atoms with van der Waals surface area (Å²) in [6.07, 6.45) is 5.76. The summed E-state index contributed by atoms with van der Waals surface area (Å²) in [5, 5.41) is 8.04. The highest BCUT2D eigenvalue weighted by molar-refractivity contribution is 7.99. The predicted octanol–water partition coefficient (Wildman–Crippen LogP) is 3.41. The van der Waals surface area contributed by atoms with Crippen molar-refractivity contribution in [2.45, 2.75) is 36.5 Å². The van der Waals surface area contributed by atoms with Crippen LogP contribution in [0, 0.1) is 6.92 Å². The minimum Gasteiger partial charge on any atom is -0.465 e. The van der Waals surface area contributed by atoms with Crippen molar-refractivity contribution in [2.75, 3.05) is 23.3 Å². The second-order valence-electron chi connectivity index (χ2n) is 6.54. The monoisotopic (exact) mass is 427 g/mol. The molecule has 0 atom stereocenters. The van der Waals surface area contributed by atoms with Gasteiger partial charge in [-0.3, -0.25) is 0 Å². The van der Waals surface area contributed by atoms with Crippen molar-refractivity contribution in [1.29, 1.82) is 0 Å². The molecule has 1 saturated heterocycles. The number of anilines is 2. The van der Waals surface area contributed by atoms with Gasteiger partial charge in [0.2, 0.25) is 5.95 Å². The van der Waals surface area contributed by atoms with E-state index in [-0.39, 0.29) is 0 Å². The third-order valence-electron chi connectivity index (χ3n) is 4.30. The van der Waals surface area contributed by atoms with Gasteiger partial charge in [0.1, 0.15) is 22.4 Å². The Morgan fingerprint density at radius 1 is 1.21 bits per heavy atom. The molecule has 3 aromatic heterocycles. The molecule has 0 aliphatic carbocycles. The van der Waals surface area contributed by atoms with Gasteiger partial charge in [-0.15, -0.1) is 0 Å². The fourth-order valence-electron chi connectivity index (χ4n) is 2.95. The molecular formula is C19H21N7OS2. The molecule has 0 spiro atoms. The lowest BCUT2D eigenvalue weighted by Gasteiger charge is -2.18. The Kier molecular flexibility index (Phi) is 6.20. The topological polar surface area (TPSA) is 92.0 Å². The summed E-state index contributed by atoms with van der Waals surface area (Å²) in [4.78, 5) is 20.0. The summed E-state index contributed by atoms with van der Waals surface area (Å²) >= 11 is 6.80. The molecule has 2 N–H and O–H groups in total. The Balaban J connectivity index is 1.48. The molecule has 0 unspecified atom stereocenters. The van der Waals surface area contributed by atoms with Crippen molar-refractivity contribution in [3.8, 4) is 0 Å². The van der Waals surface area contributed by atoms with E-state index in [1.165, 1.54) is 24.6 Å². The van der Waals surface area contributed by atoms with Crippen LogP contribution >= 0.6 is 24.0 Å². The Labute approximate surface area is 178 Å². The van der Waals surface area contributed by atoms with Crippen LogP contribution in [0.2, 0.25) is 0 Å². The van der Waals surface area contributed by atoms with Gasteiger partial charge in [0, 0.05) is 31.5 Å². The van der Waals surface area contributed by atoms with Crippen LogP contribution in [0.15, 0.2) is 51.3 Å². The summed E-state index contributed by atoms with van der Waals surface area (Å²) in [6.45, 7) is 4.38. The van der Waals surface area contributed by atoms with Crippen molar-refractivity contribution in [2.24, 2.45) is 0 Å². The van der Waals surface area contributed by atoms with Crippen LogP contribution in [0.4, 0.5) is 11.8 Å². The zero-order chi connectivity index (χ0) is 20.1. The first-order valence-corrected chi connectivity index (χ1v) is 10.6. The first kappa shape index (κ1) is 19.6. The number of aromatic nitrogens is 4. The number of hydrogen-bond acceptors (Lipinski definition) is 8. The third kappa shape index (κ3) is 5.42. The predicted molar refractivity (Wildman–Crippen MR) is 116 cm³/mol. The van der Waals surface area contributed by atoms with Crippen LogP contribution in [0.3, 0.4) is 0 Å². The fourth-order valence-corrected chi connectivity index (χ4v) is 3.83. The Morgan fingerprint density at radius 2 is 2.00 bits per heavy atom. The van der Waals surface area contributed by atoms with Gasteiger partial charge >= 0.3 is 0 Å². The first-order chi connectivity index (χ1) is 14.2. The molecule has 1 aliphatic heterocycles. The molecule has 0 aromatic carbocycles. The average molecular weight is 428 g/mol.